The zero-order valence-corrected chi connectivity index (χ0v) is 12.0. The summed E-state index contributed by atoms with van der Waals surface area (Å²) in [6.07, 6.45) is 0. The largest absolute Gasteiger partial charge is 0.506 e. The van der Waals surface area contributed by atoms with E-state index in [1.54, 1.807) is 0 Å². The van der Waals surface area contributed by atoms with Gasteiger partial charge in [-0.1, -0.05) is 13.8 Å². The summed E-state index contributed by atoms with van der Waals surface area (Å²) in [4.78, 5) is 12.4. The summed E-state index contributed by atoms with van der Waals surface area (Å²) in [5, 5.41) is 20.6. The van der Waals surface area contributed by atoms with E-state index < -0.39 is 4.92 Å². The topological polar surface area (TPSA) is 66.6 Å². The van der Waals surface area contributed by atoms with Gasteiger partial charge in [0.1, 0.15) is 5.75 Å². The minimum atomic E-state index is -0.437. The fourth-order valence-electron chi connectivity index (χ4n) is 1.55. The van der Waals surface area contributed by atoms with Gasteiger partial charge < -0.3 is 5.11 Å². The molecule has 1 N–H and O–H groups in total. The Labute approximate surface area is 114 Å². The third-order valence-corrected chi connectivity index (χ3v) is 3.45. The van der Waals surface area contributed by atoms with E-state index >= 15 is 0 Å². The monoisotopic (exact) mass is 350 g/mol. The lowest BCUT2D eigenvalue weighted by molar-refractivity contribution is -0.385. The first-order chi connectivity index (χ1) is 7.99. The van der Waals surface area contributed by atoms with Gasteiger partial charge >= 0.3 is 0 Å². The number of rotatable bonds is 5. The van der Waals surface area contributed by atoms with Crippen molar-refractivity contribution in [1.29, 1.82) is 0 Å². The molecule has 0 saturated heterocycles. The molecule has 1 rings (SSSR count). The van der Waals surface area contributed by atoms with Crippen molar-refractivity contribution in [2.24, 2.45) is 0 Å². The molecule has 0 aliphatic heterocycles. The number of phenols is 1. The van der Waals surface area contributed by atoms with Crippen molar-refractivity contribution in [3.05, 3.63) is 31.4 Å². The molecule has 0 amide bonds. The smallest absolute Gasteiger partial charge is 0.271 e. The number of aromatic hydroxyl groups is 1. The molecule has 1 aromatic rings. The van der Waals surface area contributed by atoms with Gasteiger partial charge in [-0.05, 0) is 35.7 Å². The SMILES string of the molecule is CCN(CC)Cc1cc([N+](=O)[O-])cc(I)c1O. The Kier molecular flexibility index (Phi) is 5.13. The van der Waals surface area contributed by atoms with Gasteiger partial charge in [-0.15, -0.1) is 0 Å². The third kappa shape index (κ3) is 3.53. The minimum absolute atomic E-state index is 0.0226. The summed E-state index contributed by atoms with van der Waals surface area (Å²) >= 11 is 1.91. The fraction of sp³-hybridized carbons (Fsp3) is 0.455. The molecular formula is C11H15IN2O3. The van der Waals surface area contributed by atoms with Crippen LogP contribution in [0, 0.1) is 13.7 Å². The van der Waals surface area contributed by atoms with Crippen molar-refractivity contribution in [3.8, 4) is 5.75 Å². The lowest BCUT2D eigenvalue weighted by Gasteiger charge is -2.18. The quantitative estimate of drug-likeness (QED) is 0.504. The van der Waals surface area contributed by atoms with Crippen molar-refractivity contribution in [2.45, 2.75) is 20.4 Å². The van der Waals surface area contributed by atoms with E-state index in [9.17, 15) is 15.2 Å². The average molecular weight is 350 g/mol. The number of phenolic OH excluding ortho intramolecular Hbond substituents is 1. The van der Waals surface area contributed by atoms with E-state index in [1.165, 1.54) is 12.1 Å². The van der Waals surface area contributed by atoms with Gasteiger partial charge in [0.15, 0.2) is 0 Å². The standard InChI is InChI=1S/C11H15IN2O3/c1-3-13(4-2)7-8-5-9(14(16)17)6-10(12)11(8)15/h5-6,15H,3-4,7H2,1-2H3. The van der Waals surface area contributed by atoms with E-state index in [2.05, 4.69) is 4.90 Å². The molecule has 17 heavy (non-hydrogen) atoms. The van der Waals surface area contributed by atoms with Crippen LogP contribution in [0.3, 0.4) is 0 Å². The van der Waals surface area contributed by atoms with Crippen LogP contribution in [-0.2, 0) is 6.54 Å². The summed E-state index contributed by atoms with van der Waals surface area (Å²) in [6.45, 7) is 6.24. The highest BCUT2D eigenvalue weighted by Gasteiger charge is 2.15. The van der Waals surface area contributed by atoms with Crippen LogP contribution >= 0.6 is 22.6 Å². The second-order valence-electron chi connectivity index (χ2n) is 3.65. The van der Waals surface area contributed by atoms with E-state index in [4.69, 9.17) is 0 Å². The number of hydrogen-bond acceptors (Lipinski definition) is 4. The maximum atomic E-state index is 10.7. The molecule has 0 radical (unpaired) electrons. The summed E-state index contributed by atoms with van der Waals surface area (Å²) < 4.78 is 0.513. The summed E-state index contributed by atoms with van der Waals surface area (Å²) in [7, 11) is 0. The predicted octanol–water partition coefficient (Wildman–Crippen LogP) is 2.75. The number of nitro benzene ring substituents is 1. The van der Waals surface area contributed by atoms with Crippen LogP contribution in [0.25, 0.3) is 0 Å². The second kappa shape index (κ2) is 6.15. The Balaban J connectivity index is 3.09. The zero-order valence-electron chi connectivity index (χ0n) is 9.81. The lowest BCUT2D eigenvalue weighted by atomic mass is 10.1. The molecule has 0 fully saturated rings. The molecule has 0 spiro atoms. The van der Waals surface area contributed by atoms with Gasteiger partial charge in [0.2, 0.25) is 0 Å². The van der Waals surface area contributed by atoms with Crippen LogP contribution in [0.15, 0.2) is 12.1 Å². The second-order valence-corrected chi connectivity index (χ2v) is 4.82. The number of hydrogen-bond donors (Lipinski definition) is 1. The first kappa shape index (κ1) is 14.2. The molecule has 0 aromatic heterocycles. The highest BCUT2D eigenvalue weighted by atomic mass is 127. The normalized spacial score (nSPS) is 10.8. The Morgan fingerprint density at radius 2 is 2.00 bits per heavy atom. The molecule has 0 unspecified atom stereocenters. The van der Waals surface area contributed by atoms with E-state index in [1.807, 2.05) is 36.4 Å². The molecular weight excluding hydrogens is 335 g/mol. The van der Waals surface area contributed by atoms with Crippen LogP contribution in [0.4, 0.5) is 5.69 Å². The molecule has 1 aromatic carbocycles. The number of nitrogens with zero attached hydrogens (tertiary/aromatic N) is 2. The van der Waals surface area contributed by atoms with Crippen molar-refractivity contribution < 1.29 is 10.0 Å². The van der Waals surface area contributed by atoms with Gasteiger partial charge in [0, 0.05) is 24.2 Å². The predicted molar refractivity (Wildman–Crippen MR) is 74.1 cm³/mol. The Hall–Kier alpha value is -0.890. The number of benzene rings is 1. The lowest BCUT2D eigenvalue weighted by Crippen LogP contribution is -2.22. The number of halogens is 1. The van der Waals surface area contributed by atoms with E-state index in [0.29, 0.717) is 15.7 Å². The van der Waals surface area contributed by atoms with Crippen LogP contribution in [0.2, 0.25) is 0 Å². The van der Waals surface area contributed by atoms with Crippen molar-refractivity contribution in [1.82, 2.24) is 4.90 Å². The zero-order chi connectivity index (χ0) is 13.0. The van der Waals surface area contributed by atoms with Crippen LogP contribution < -0.4 is 0 Å². The molecule has 5 nitrogen and oxygen atoms in total. The fourth-order valence-corrected chi connectivity index (χ4v) is 2.22. The molecule has 0 heterocycles. The third-order valence-electron chi connectivity index (χ3n) is 2.63. The molecule has 0 saturated carbocycles. The first-order valence-corrected chi connectivity index (χ1v) is 6.45. The van der Waals surface area contributed by atoms with Gasteiger partial charge in [-0.3, -0.25) is 15.0 Å². The molecule has 0 aliphatic rings. The summed E-state index contributed by atoms with van der Waals surface area (Å²) in [5.41, 5.74) is 0.627. The first-order valence-electron chi connectivity index (χ1n) is 5.37. The molecule has 6 heteroatoms. The molecule has 0 aliphatic carbocycles. The highest BCUT2D eigenvalue weighted by molar-refractivity contribution is 14.1. The van der Waals surface area contributed by atoms with Crippen LogP contribution in [0.5, 0.6) is 5.75 Å². The molecule has 0 bridgehead atoms. The van der Waals surface area contributed by atoms with E-state index in [-0.39, 0.29) is 11.4 Å². The van der Waals surface area contributed by atoms with Crippen molar-refractivity contribution >= 4 is 28.3 Å². The molecule has 94 valence electrons. The van der Waals surface area contributed by atoms with Gasteiger partial charge in [0.05, 0.1) is 8.49 Å². The Morgan fingerprint density at radius 3 is 2.47 bits per heavy atom. The van der Waals surface area contributed by atoms with Crippen LogP contribution in [0.1, 0.15) is 19.4 Å². The van der Waals surface area contributed by atoms with Gasteiger partial charge in [-0.2, -0.15) is 0 Å². The summed E-state index contributed by atoms with van der Waals surface area (Å²) in [6, 6.07) is 2.82. The van der Waals surface area contributed by atoms with Crippen molar-refractivity contribution in [3.63, 3.8) is 0 Å². The average Bonchev–Trinajstić information content (AvgIpc) is 2.30. The van der Waals surface area contributed by atoms with Crippen molar-refractivity contribution in [2.75, 3.05) is 13.1 Å². The van der Waals surface area contributed by atoms with E-state index in [0.717, 1.165) is 13.1 Å². The summed E-state index contributed by atoms with van der Waals surface area (Å²) in [5.74, 6) is 0.142. The van der Waals surface area contributed by atoms with Crippen LogP contribution in [-0.4, -0.2) is 28.0 Å². The highest BCUT2D eigenvalue weighted by Crippen LogP contribution is 2.30. The van der Waals surface area contributed by atoms with Gasteiger partial charge in [-0.25, -0.2) is 0 Å². The Bertz CT molecular complexity index is 419. The maximum absolute atomic E-state index is 10.7. The number of non-ortho nitro benzene ring substituents is 1. The maximum Gasteiger partial charge on any atom is 0.271 e. The minimum Gasteiger partial charge on any atom is -0.506 e. The van der Waals surface area contributed by atoms with Gasteiger partial charge in [0.25, 0.3) is 5.69 Å². The Morgan fingerprint density at radius 1 is 1.41 bits per heavy atom. The molecule has 0 atom stereocenters. The number of nitro groups is 1.